The van der Waals surface area contributed by atoms with E-state index in [2.05, 4.69) is 0 Å². The third kappa shape index (κ3) is 11.8. The number of rotatable bonds is 12. The van der Waals surface area contributed by atoms with Crippen molar-refractivity contribution >= 4 is 32.0 Å². The second-order valence-electron chi connectivity index (χ2n) is 13.3. The number of esters is 2. The van der Waals surface area contributed by atoms with Crippen LogP contribution in [-0.2, 0) is 52.3 Å². The molecule has 0 unspecified atom stereocenters. The van der Waals surface area contributed by atoms with Crippen LogP contribution in [0.4, 0.5) is 0 Å². The molecule has 0 bridgehead atoms. The van der Waals surface area contributed by atoms with Crippen LogP contribution in [0.5, 0.6) is 0 Å². The van der Waals surface area contributed by atoms with E-state index in [1.54, 1.807) is 58.3 Å². The van der Waals surface area contributed by atoms with Gasteiger partial charge in [0, 0.05) is 52.4 Å². The minimum absolute atomic E-state index is 0.000813. The first-order valence-corrected chi connectivity index (χ1v) is 20.8. The van der Waals surface area contributed by atoms with Crippen molar-refractivity contribution in [3.05, 3.63) is 131 Å². The van der Waals surface area contributed by atoms with Gasteiger partial charge in [-0.3, -0.25) is 19.4 Å². The molecule has 4 aromatic carbocycles. The SMILES string of the molecule is Cc1ccc(S(=O)(=O)N2CCN(CC(=O)OCc3ccccc3)CCN(S(=O)(=O)c3ccc(C)cc3)CCN(CC(=O)OCc3ccccc3)CC2)cc1. The lowest BCUT2D eigenvalue weighted by atomic mass is 10.2. The van der Waals surface area contributed by atoms with E-state index in [0.29, 0.717) is 0 Å². The van der Waals surface area contributed by atoms with Crippen molar-refractivity contribution in [2.45, 2.75) is 36.9 Å². The minimum Gasteiger partial charge on any atom is -0.460 e. The molecule has 1 fully saturated rings. The van der Waals surface area contributed by atoms with Crippen molar-refractivity contribution < 1.29 is 35.9 Å². The maximum atomic E-state index is 14.1. The molecule has 0 radical (unpaired) electrons. The molecule has 4 aromatic rings. The van der Waals surface area contributed by atoms with Gasteiger partial charge in [-0.2, -0.15) is 8.61 Å². The molecule has 0 N–H and O–H groups in total. The summed E-state index contributed by atoms with van der Waals surface area (Å²) in [5.74, 6) is -1.04. The molecule has 54 heavy (non-hydrogen) atoms. The van der Waals surface area contributed by atoms with Crippen LogP contribution in [0.25, 0.3) is 0 Å². The molecule has 1 aliphatic rings. The molecule has 0 aliphatic carbocycles. The molecule has 1 aliphatic heterocycles. The normalized spacial score (nSPS) is 16.2. The van der Waals surface area contributed by atoms with Crippen LogP contribution in [0, 0.1) is 13.8 Å². The van der Waals surface area contributed by atoms with Crippen molar-refractivity contribution in [3.63, 3.8) is 0 Å². The summed E-state index contributed by atoms with van der Waals surface area (Å²) in [7, 11) is -7.99. The van der Waals surface area contributed by atoms with E-state index < -0.39 is 32.0 Å². The Labute approximate surface area is 319 Å². The van der Waals surface area contributed by atoms with E-state index in [-0.39, 0.29) is 88.5 Å². The lowest BCUT2D eigenvalue weighted by Gasteiger charge is -2.33. The van der Waals surface area contributed by atoms with Gasteiger partial charge in [0.2, 0.25) is 20.0 Å². The monoisotopic (exact) mass is 776 g/mol. The summed E-state index contributed by atoms with van der Waals surface area (Å²) >= 11 is 0. The zero-order valence-corrected chi connectivity index (χ0v) is 32.4. The lowest BCUT2D eigenvalue weighted by Crippen LogP contribution is -2.49. The predicted molar refractivity (Wildman–Crippen MR) is 205 cm³/mol. The molecular weight excluding hydrogens is 729 g/mol. The van der Waals surface area contributed by atoms with Crippen molar-refractivity contribution in [1.29, 1.82) is 0 Å². The van der Waals surface area contributed by atoms with Gasteiger partial charge in [0.15, 0.2) is 0 Å². The van der Waals surface area contributed by atoms with Gasteiger partial charge in [0.1, 0.15) is 13.2 Å². The molecule has 14 heteroatoms. The summed E-state index contributed by atoms with van der Waals surface area (Å²) < 4.78 is 70.1. The van der Waals surface area contributed by atoms with E-state index in [9.17, 15) is 26.4 Å². The summed E-state index contributed by atoms with van der Waals surface area (Å²) in [5, 5.41) is 0. The number of hydrogen-bond donors (Lipinski definition) is 0. The maximum Gasteiger partial charge on any atom is 0.320 e. The third-order valence-electron chi connectivity index (χ3n) is 9.17. The van der Waals surface area contributed by atoms with E-state index in [1.165, 1.54) is 8.61 Å². The van der Waals surface area contributed by atoms with E-state index in [0.717, 1.165) is 22.3 Å². The topological polar surface area (TPSA) is 134 Å². The highest BCUT2D eigenvalue weighted by Gasteiger charge is 2.30. The van der Waals surface area contributed by atoms with Gasteiger partial charge < -0.3 is 9.47 Å². The lowest BCUT2D eigenvalue weighted by molar-refractivity contribution is -0.147. The number of ether oxygens (including phenoxy) is 2. The fourth-order valence-electron chi connectivity index (χ4n) is 5.91. The van der Waals surface area contributed by atoms with E-state index >= 15 is 0 Å². The average Bonchev–Trinajstić information content (AvgIpc) is 3.16. The first kappa shape index (κ1) is 40.7. The van der Waals surface area contributed by atoms with Crippen LogP contribution in [0.1, 0.15) is 22.3 Å². The minimum atomic E-state index is -4.00. The fraction of sp³-hybridized carbons (Fsp3) is 0.350. The number of aryl methyl sites for hydroxylation is 2. The van der Waals surface area contributed by atoms with Gasteiger partial charge in [-0.15, -0.1) is 0 Å². The number of nitrogens with zero attached hydrogens (tertiary/aromatic N) is 4. The summed E-state index contributed by atoms with van der Waals surface area (Å²) in [6.45, 7) is 3.98. The van der Waals surface area contributed by atoms with E-state index in [4.69, 9.17) is 9.47 Å². The van der Waals surface area contributed by atoms with Crippen molar-refractivity contribution in [1.82, 2.24) is 18.4 Å². The highest BCUT2D eigenvalue weighted by Crippen LogP contribution is 2.20. The van der Waals surface area contributed by atoms with Crippen LogP contribution in [-0.4, -0.2) is 113 Å². The van der Waals surface area contributed by atoms with Gasteiger partial charge >= 0.3 is 11.9 Å². The van der Waals surface area contributed by atoms with Crippen LogP contribution >= 0.6 is 0 Å². The Morgan fingerprint density at radius 1 is 0.481 bits per heavy atom. The fourth-order valence-corrected chi connectivity index (χ4v) is 8.75. The molecule has 1 heterocycles. The average molecular weight is 777 g/mol. The summed E-state index contributed by atoms with van der Waals surface area (Å²) in [4.78, 5) is 30.0. The first-order valence-electron chi connectivity index (χ1n) is 17.9. The standard InChI is InChI=1S/C40H48N4O8S2/c1-33-13-17-37(18-14-33)53(47,48)43-25-21-41(29-39(45)51-31-35-9-5-3-6-10-35)23-27-44(54(49,50)38-19-15-34(2)16-20-38)28-24-42(22-26-43)30-40(46)52-32-36-11-7-4-8-12-36/h3-20H,21-32H2,1-2H3. The summed E-state index contributed by atoms with van der Waals surface area (Å²) in [6.07, 6.45) is 0. The van der Waals surface area contributed by atoms with Crippen molar-refractivity contribution in [2.24, 2.45) is 0 Å². The van der Waals surface area contributed by atoms with Gasteiger partial charge in [0.05, 0.1) is 22.9 Å². The largest absolute Gasteiger partial charge is 0.460 e. The zero-order chi connectivity index (χ0) is 38.6. The number of carbonyl (C=O) groups is 2. The number of carbonyl (C=O) groups excluding carboxylic acids is 2. The van der Waals surface area contributed by atoms with Crippen LogP contribution in [0.15, 0.2) is 119 Å². The molecule has 0 atom stereocenters. The zero-order valence-electron chi connectivity index (χ0n) is 30.7. The Hall–Kier alpha value is -4.44. The molecule has 288 valence electrons. The highest BCUT2D eigenvalue weighted by atomic mass is 32.2. The Balaban J connectivity index is 1.40. The quantitative estimate of drug-likeness (QED) is 0.194. The van der Waals surface area contributed by atoms with Gasteiger partial charge in [0.25, 0.3) is 0 Å². The third-order valence-corrected chi connectivity index (χ3v) is 13.0. The number of sulfonamides is 2. The summed E-state index contributed by atoms with van der Waals surface area (Å²) in [5.41, 5.74) is 3.46. The number of hydrogen-bond acceptors (Lipinski definition) is 10. The predicted octanol–water partition coefficient (Wildman–Crippen LogP) is 4.09. The molecule has 0 aromatic heterocycles. The first-order chi connectivity index (χ1) is 25.9. The molecule has 5 rings (SSSR count). The Morgan fingerprint density at radius 3 is 1.11 bits per heavy atom. The Bertz CT molecular complexity index is 1870. The molecule has 12 nitrogen and oxygen atoms in total. The Kier molecular flexibility index (Phi) is 14.5. The molecular formula is C40H48N4O8S2. The molecule has 0 spiro atoms. The summed E-state index contributed by atoms with van der Waals surface area (Å²) in [6, 6.07) is 31.7. The second kappa shape index (κ2) is 19.2. The molecule has 1 saturated heterocycles. The Morgan fingerprint density at radius 2 is 0.796 bits per heavy atom. The van der Waals surface area contributed by atoms with Crippen molar-refractivity contribution in [2.75, 3.05) is 65.4 Å². The van der Waals surface area contributed by atoms with E-state index in [1.807, 2.05) is 74.5 Å². The van der Waals surface area contributed by atoms with Gasteiger partial charge in [-0.05, 0) is 49.2 Å². The number of benzene rings is 4. The molecule has 0 amide bonds. The highest BCUT2D eigenvalue weighted by molar-refractivity contribution is 7.89. The van der Waals surface area contributed by atoms with Gasteiger partial charge in [-0.25, -0.2) is 16.8 Å². The second-order valence-corrected chi connectivity index (χ2v) is 17.2. The van der Waals surface area contributed by atoms with Crippen LogP contribution < -0.4 is 0 Å². The van der Waals surface area contributed by atoms with Crippen LogP contribution in [0.3, 0.4) is 0 Å². The maximum absolute atomic E-state index is 14.1. The van der Waals surface area contributed by atoms with Crippen LogP contribution in [0.2, 0.25) is 0 Å². The van der Waals surface area contributed by atoms with Crippen molar-refractivity contribution in [3.8, 4) is 0 Å². The van der Waals surface area contributed by atoms with Gasteiger partial charge in [-0.1, -0.05) is 96.1 Å². The smallest absolute Gasteiger partial charge is 0.320 e. The molecule has 0 saturated carbocycles.